The van der Waals surface area contributed by atoms with Gasteiger partial charge in [-0.2, -0.15) is 0 Å². The van der Waals surface area contributed by atoms with Crippen molar-refractivity contribution in [3.63, 3.8) is 0 Å². The number of ether oxygens (including phenoxy) is 1. The van der Waals surface area contributed by atoms with Gasteiger partial charge in [0.25, 0.3) is 0 Å². The summed E-state index contributed by atoms with van der Waals surface area (Å²) in [6.45, 7) is 2.18. The first-order valence-electron chi connectivity index (χ1n) is 12.1. The summed E-state index contributed by atoms with van der Waals surface area (Å²) in [5, 5.41) is 0. The number of fused-ring (bicyclic) bond motifs is 5. The van der Waals surface area contributed by atoms with Crippen molar-refractivity contribution in [2.24, 2.45) is 5.92 Å². The minimum atomic E-state index is -0.257. The number of amides is 1. The lowest BCUT2D eigenvalue weighted by atomic mass is 9.87. The van der Waals surface area contributed by atoms with Crippen LogP contribution in [0.5, 0.6) is 0 Å². The third-order valence-corrected chi connectivity index (χ3v) is 7.67. The van der Waals surface area contributed by atoms with E-state index in [2.05, 4.69) is 46.4 Å². The van der Waals surface area contributed by atoms with E-state index in [1.54, 1.807) is 12.3 Å². The highest BCUT2D eigenvalue weighted by atomic mass is 16.6. The molecule has 0 spiro atoms. The van der Waals surface area contributed by atoms with Gasteiger partial charge in [0, 0.05) is 35.8 Å². The molecule has 3 aromatic rings. The van der Waals surface area contributed by atoms with E-state index in [9.17, 15) is 9.59 Å². The van der Waals surface area contributed by atoms with Crippen molar-refractivity contribution >= 4 is 11.9 Å². The number of carbonyl (C=O) groups excluding carboxylic acids is 2. The second kappa shape index (κ2) is 8.35. The van der Waals surface area contributed by atoms with Crippen LogP contribution in [0.1, 0.15) is 59.0 Å². The number of nitrogens with zero attached hydrogens (tertiary/aromatic N) is 3. The predicted molar refractivity (Wildman–Crippen MR) is 128 cm³/mol. The van der Waals surface area contributed by atoms with Crippen molar-refractivity contribution in [1.82, 2.24) is 14.9 Å². The van der Waals surface area contributed by atoms with Crippen LogP contribution in [-0.2, 0) is 4.74 Å². The highest BCUT2D eigenvalue weighted by Gasteiger charge is 2.46. The zero-order valence-corrected chi connectivity index (χ0v) is 19.2. The summed E-state index contributed by atoms with van der Waals surface area (Å²) in [6, 6.07) is 18.6. The maximum absolute atomic E-state index is 13.2. The summed E-state index contributed by atoms with van der Waals surface area (Å²) in [7, 11) is 0. The molecule has 2 atom stereocenters. The van der Waals surface area contributed by atoms with Crippen LogP contribution in [0.25, 0.3) is 11.1 Å². The first-order chi connectivity index (χ1) is 16.6. The fraction of sp³-hybridized carbons (Fsp3) is 0.357. The van der Waals surface area contributed by atoms with E-state index in [1.165, 1.54) is 22.3 Å². The Morgan fingerprint density at radius 1 is 0.941 bits per heavy atom. The molecule has 172 valence electrons. The quantitative estimate of drug-likeness (QED) is 0.510. The smallest absolute Gasteiger partial charge is 0.410 e. The van der Waals surface area contributed by atoms with Crippen molar-refractivity contribution in [2.45, 2.75) is 50.6 Å². The molecule has 2 fully saturated rings. The van der Waals surface area contributed by atoms with Crippen LogP contribution >= 0.6 is 0 Å². The Balaban J connectivity index is 1.15. The van der Waals surface area contributed by atoms with Gasteiger partial charge in [0.2, 0.25) is 5.78 Å². The summed E-state index contributed by atoms with van der Waals surface area (Å²) < 4.78 is 5.93. The fourth-order valence-corrected chi connectivity index (χ4v) is 6.11. The molecule has 1 aliphatic carbocycles. The second-order valence-corrected chi connectivity index (χ2v) is 9.65. The molecule has 0 radical (unpaired) electrons. The van der Waals surface area contributed by atoms with Crippen LogP contribution in [0.3, 0.4) is 0 Å². The van der Waals surface area contributed by atoms with E-state index in [0.717, 1.165) is 18.5 Å². The molecule has 3 aliphatic rings. The standard InChI is InChI=1S/C28H27N3O3/c1-17-12-13-29-27(30-17)26(32)18-14-19-10-11-20(15-18)31(19)28(33)34-16-25-23-8-4-2-6-21(23)22-7-3-5-9-24(22)25/h2-9,12-13,18-20,25H,10-11,14-16H2,1H3. The minimum absolute atomic E-state index is 0.00668. The van der Waals surface area contributed by atoms with Crippen molar-refractivity contribution in [1.29, 1.82) is 0 Å². The van der Waals surface area contributed by atoms with Crippen LogP contribution < -0.4 is 0 Å². The van der Waals surface area contributed by atoms with E-state index < -0.39 is 0 Å². The third kappa shape index (κ3) is 3.49. The van der Waals surface area contributed by atoms with Crippen LogP contribution in [0.15, 0.2) is 60.8 Å². The minimum Gasteiger partial charge on any atom is -0.448 e. The van der Waals surface area contributed by atoms with Gasteiger partial charge in [-0.1, -0.05) is 48.5 Å². The molecule has 1 aromatic heterocycles. The molecule has 2 aromatic carbocycles. The second-order valence-electron chi connectivity index (χ2n) is 9.65. The Hall–Kier alpha value is -3.54. The van der Waals surface area contributed by atoms with Gasteiger partial charge in [0.1, 0.15) is 6.61 Å². The lowest BCUT2D eigenvalue weighted by Gasteiger charge is -2.37. The van der Waals surface area contributed by atoms with Gasteiger partial charge < -0.3 is 9.64 Å². The van der Waals surface area contributed by atoms with Crippen molar-refractivity contribution in [2.75, 3.05) is 6.61 Å². The van der Waals surface area contributed by atoms with Gasteiger partial charge in [-0.25, -0.2) is 14.8 Å². The van der Waals surface area contributed by atoms with E-state index in [-0.39, 0.29) is 35.8 Å². The number of aromatic nitrogens is 2. The Morgan fingerprint density at radius 2 is 1.56 bits per heavy atom. The summed E-state index contributed by atoms with van der Waals surface area (Å²) in [6.07, 6.45) is 4.50. The molecule has 0 N–H and O–H groups in total. The monoisotopic (exact) mass is 453 g/mol. The van der Waals surface area contributed by atoms with Gasteiger partial charge in [-0.3, -0.25) is 4.79 Å². The number of aryl methyl sites for hydroxylation is 1. The Bertz CT molecular complexity index is 1210. The maximum atomic E-state index is 13.2. The molecule has 3 heterocycles. The molecule has 2 bridgehead atoms. The third-order valence-electron chi connectivity index (χ3n) is 7.67. The van der Waals surface area contributed by atoms with Crippen LogP contribution in [-0.4, -0.2) is 45.4 Å². The lowest BCUT2D eigenvalue weighted by molar-refractivity contribution is 0.0502. The number of Topliss-reactive ketones (excluding diaryl/α,β-unsaturated/α-hetero) is 1. The number of benzene rings is 2. The zero-order chi connectivity index (χ0) is 23.2. The Kier molecular flexibility index (Phi) is 5.16. The normalized spacial score (nSPS) is 22.9. The van der Waals surface area contributed by atoms with E-state index in [0.29, 0.717) is 25.3 Å². The molecule has 2 saturated heterocycles. The zero-order valence-electron chi connectivity index (χ0n) is 19.2. The predicted octanol–water partition coefficient (Wildman–Crippen LogP) is 5.16. The average Bonchev–Trinajstić information content (AvgIpc) is 3.32. The Labute approximate surface area is 199 Å². The first kappa shape index (κ1) is 21.0. The molecule has 6 heteroatoms. The summed E-state index contributed by atoms with van der Waals surface area (Å²) in [4.78, 5) is 36.6. The van der Waals surface area contributed by atoms with E-state index in [4.69, 9.17) is 4.74 Å². The van der Waals surface area contributed by atoms with Gasteiger partial charge in [-0.15, -0.1) is 0 Å². The summed E-state index contributed by atoms with van der Waals surface area (Å²) >= 11 is 0. The number of piperidine rings is 1. The fourth-order valence-electron chi connectivity index (χ4n) is 6.11. The van der Waals surface area contributed by atoms with Gasteiger partial charge >= 0.3 is 6.09 Å². The van der Waals surface area contributed by atoms with Gasteiger partial charge in [-0.05, 0) is 60.9 Å². The highest BCUT2D eigenvalue weighted by molar-refractivity contribution is 5.94. The molecule has 2 unspecified atom stereocenters. The van der Waals surface area contributed by atoms with Crippen molar-refractivity contribution in [3.05, 3.63) is 83.4 Å². The van der Waals surface area contributed by atoms with Gasteiger partial charge in [0.05, 0.1) is 0 Å². The molecule has 6 nitrogen and oxygen atoms in total. The molecule has 34 heavy (non-hydrogen) atoms. The molecular weight excluding hydrogens is 426 g/mol. The molecule has 6 rings (SSSR count). The summed E-state index contributed by atoms with van der Waals surface area (Å²) in [5.41, 5.74) is 5.65. The number of hydrogen-bond acceptors (Lipinski definition) is 5. The lowest BCUT2D eigenvalue weighted by Crippen LogP contribution is -2.48. The van der Waals surface area contributed by atoms with Gasteiger partial charge in [0.15, 0.2) is 5.82 Å². The first-order valence-corrected chi connectivity index (χ1v) is 12.1. The van der Waals surface area contributed by atoms with Crippen LogP contribution in [0, 0.1) is 12.8 Å². The summed E-state index contributed by atoms with van der Waals surface area (Å²) in [5.74, 6) is 0.190. The SMILES string of the molecule is Cc1ccnc(C(=O)C2CC3CCC(C2)N3C(=O)OCC2c3ccccc3-c3ccccc32)n1. The Morgan fingerprint density at radius 3 is 2.18 bits per heavy atom. The number of ketones is 1. The van der Waals surface area contributed by atoms with Crippen LogP contribution in [0.4, 0.5) is 4.79 Å². The molecular formula is C28H27N3O3. The number of hydrogen-bond donors (Lipinski definition) is 0. The number of rotatable bonds is 4. The van der Waals surface area contributed by atoms with Crippen LogP contribution in [0.2, 0.25) is 0 Å². The van der Waals surface area contributed by atoms with Crippen molar-refractivity contribution in [3.8, 4) is 11.1 Å². The molecule has 1 amide bonds. The average molecular weight is 454 g/mol. The number of carbonyl (C=O) groups is 2. The highest BCUT2D eigenvalue weighted by Crippen LogP contribution is 2.45. The molecule has 2 aliphatic heterocycles. The maximum Gasteiger partial charge on any atom is 0.410 e. The largest absolute Gasteiger partial charge is 0.448 e. The van der Waals surface area contributed by atoms with E-state index in [1.807, 2.05) is 24.0 Å². The van der Waals surface area contributed by atoms with Crippen molar-refractivity contribution < 1.29 is 14.3 Å². The van der Waals surface area contributed by atoms with E-state index >= 15 is 0 Å². The molecule has 0 saturated carbocycles. The topological polar surface area (TPSA) is 72.4 Å².